The molecule has 1 aromatic carbocycles. The summed E-state index contributed by atoms with van der Waals surface area (Å²) in [5.41, 5.74) is 0.633. The second kappa shape index (κ2) is 8.12. The number of amides is 1. The first-order valence-electron chi connectivity index (χ1n) is 8.80. The lowest BCUT2D eigenvalue weighted by molar-refractivity contribution is -0.120. The first-order chi connectivity index (χ1) is 13.6. The second-order valence-electron chi connectivity index (χ2n) is 6.49. The third-order valence-corrected chi connectivity index (χ3v) is 5.33. The van der Waals surface area contributed by atoms with E-state index >= 15 is 0 Å². The molecule has 1 fully saturated rings. The number of aromatic nitrogens is 5. The van der Waals surface area contributed by atoms with Crippen LogP contribution in [0.1, 0.15) is 12.8 Å². The third kappa shape index (κ3) is 4.07. The van der Waals surface area contributed by atoms with E-state index in [1.165, 1.54) is 6.33 Å². The van der Waals surface area contributed by atoms with Crippen molar-refractivity contribution >= 4 is 40.6 Å². The summed E-state index contributed by atoms with van der Waals surface area (Å²) >= 11 is 11.9. The number of hydrogen-bond donors (Lipinski definition) is 1. The van der Waals surface area contributed by atoms with Crippen molar-refractivity contribution in [1.29, 1.82) is 0 Å². The Morgan fingerprint density at radius 2 is 1.93 bits per heavy atom. The Labute approximate surface area is 171 Å². The van der Waals surface area contributed by atoms with E-state index in [9.17, 15) is 4.79 Å². The topological polar surface area (TPSA) is 88.8 Å². The van der Waals surface area contributed by atoms with E-state index in [1.54, 1.807) is 29.2 Å². The molecule has 8 nitrogen and oxygen atoms in total. The van der Waals surface area contributed by atoms with Crippen LogP contribution in [0.4, 0.5) is 11.5 Å². The highest BCUT2D eigenvalue weighted by atomic mass is 35.5. The zero-order valence-electron chi connectivity index (χ0n) is 14.8. The van der Waals surface area contributed by atoms with Crippen LogP contribution in [0.15, 0.2) is 43.0 Å². The van der Waals surface area contributed by atoms with Gasteiger partial charge in [-0.1, -0.05) is 23.2 Å². The van der Waals surface area contributed by atoms with E-state index in [-0.39, 0.29) is 11.8 Å². The van der Waals surface area contributed by atoms with Gasteiger partial charge in [-0.2, -0.15) is 5.10 Å². The number of piperidine rings is 1. The lowest BCUT2D eigenvalue weighted by Gasteiger charge is -2.32. The van der Waals surface area contributed by atoms with Crippen LogP contribution in [0.3, 0.4) is 0 Å². The number of anilines is 2. The van der Waals surface area contributed by atoms with E-state index in [2.05, 4.69) is 30.5 Å². The molecule has 0 aliphatic carbocycles. The van der Waals surface area contributed by atoms with Crippen LogP contribution in [0.2, 0.25) is 10.0 Å². The first kappa shape index (κ1) is 18.6. The molecule has 1 unspecified atom stereocenters. The fourth-order valence-electron chi connectivity index (χ4n) is 3.15. The Hall–Kier alpha value is -2.71. The van der Waals surface area contributed by atoms with Crippen LogP contribution in [0.25, 0.3) is 5.82 Å². The van der Waals surface area contributed by atoms with Gasteiger partial charge < -0.3 is 10.2 Å². The van der Waals surface area contributed by atoms with E-state index in [1.807, 2.05) is 12.1 Å². The molecule has 3 aromatic rings. The SMILES string of the molecule is O=C(Nc1ccc(Cl)c(Cl)c1)C1CCCN(c2ccc(-n3cncn3)nn2)C1. The molecule has 144 valence electrons. The number of hydrogen-bond acceptors (Lipinski definition) is 6. The second-order valence-corrected chi connectivity index (χ2v) is 7.31. The Morgan fingerprint density at radius 1 is 1.11 bits per heavy atom. The van der Waals surface area contributed by atoms with Crippen molar-refractivity contribution in [3.8, 4) is 5.82 Å². The molecule has 1 atom stereocenters. The molecule has 2 aromatic heterocycles. The number of nitrogens with zero attached hydrogens (tertiary/aromatic N) is 6. The van der Waals surface area contributed by atoms with Gasteiger partial charge in [0, 0.05) is 18.8 Å². The summed E-state index contributed by atoms with van der Waals surface area (Å²) < 4.78 is 1.54. The Bertz CT molecular complexity index is 963. The molecule has 0 saturated carbocycles. The molecule has 1 amide bonds. The predicted molar refractivity (Wildman–Crippen MR) is 107 cm³/mol. The molecule has 1 N–H and O–H groups in total. The van der Waals surface area contributed by atoms with Gasteiger partial charge in [-0.15, -0.1) is 10.2 Å². The largest absolute Gasteiger partial charge is 0.354 e. The molecule has 0 spiro atoms. The lowest BCUT2D eigenvalue weighted by atomic mass is 9.97. The Morgan fingerprint density at radius 3 is 2.64 bits per heavy atom. The van der Waals surface area contributed by atoms with Crippen molar-refractivity contribution in [3.63, 3.8) is 0 Å². The normalized spacial score (nSPS) is 16.8. The van der Waals surface area contributed by atoms with Crippen molar-refractivity contribution < 1.29 is 4.79 Å². The monoisotopic (exact) mass is 417 g/mol. The molecule has 1 aliphatic heterocycles. The molecule has 10 heteroatoms. The molecule has 28 heavy (non-hydrogen) atoms. The minimum Gasteiger partial charge on any atom is -0.354 e. The minimum atomic E-state index is -0.153. The maximum absolute atomic E-state index is 12.7. The number of carbonyl (C=O) groups is 1. The maximum Gasteiger partial charge on any atom is 0.229 e. The summed E-state index contributed by atoms with van der Waals surface area (Å²) in [6, 6.07) is 8.76. The van der Waals surface area contributed by atoms with Crippen LogP contribution in [0, 0.1) is 5.92 Å². The van der Waals surface area contributed by atoms with E-state index in [4.69, 9.17) is 23.2 Å². The summed E-state index contributed by atoms with van der Waals surface area (Å²) in [4.78, 5) is 18.7. The lowest BCUT2D eigenvalue weighted by Crippen LogP contribution is -2.41. The number of nitrogens with one attached hydrogen (secondary N) is 1. The van der Waals surface area contributed by atoms with Crippen molar-refractivity contribution in [3.05, 3.63) is 53.0 Å². The van der Waals surface area contributed by atoms with Gasteiger partial charge in [0.1, 0.15) is 12.7 Å². The van der Waals surface area contributed by atoms with Crippen LogP contribution in [-0.2, 0) is 4.79 Å². The number of rotatable bonds is 4. The molecule has 1 aliphatic rings. The number of benzene rings is 1. The van der Waals surface area contributed by atoms with Crippen molar-refractivity contribution in [1.82, 2.24) is 25.0 Å². The highest BCUT2D eigenvalue weighted by molar-refractivity contribution is 6.42. The summed E-state index contributed by atoms with van der Waals surface area (Å²) in [6.07, 6.45) is 4.71. The Balaban J connectivity index is 1.42. The molecule has 1 saturated heterocycles. The molecule has 0 bridgehead atoms. The summed E-state index contributed by atoms with van der Waals surface area (Å²) in [6.45, 7) is 1.40. The maximum atomic E-state index is 12.7. The van der Waals surface area contributed by atoms with Crippen molar-refractivity contribution in [2.75, 3.05) is 23.3 Å². The molecule has 3 heterocycles. The minimum absolute atomic E-state index is 0.0460. The third-order valence-electron chi connectivity index (χ3n) is 4.59. The highest BCUT2D eigenvalue weighted by Gasteiger charge is 2.27. The average Bonchev–Trinajstić information content (AvgIpc) is 3.26. The van der Waals surface area contributed by atoms with E-state index in [0.29, 0.717) is 28.1 Å². The van der Waals surface area contributed by atoms with Gasteiger partial charge in [0.05, 0.1) is 16.0 Å². The standard InChI is InChI=1S/C18H17Cl2N7O/c19-14-4-3-13(8-15(14)20)23-18(28)12-2-1-7-26(9-12)16-5-6-17(25-24-16)27-11-21-10-22-27/h3-6,8,10-12H,1-2,7,9H2,(H,23,28). The molecule has 0 radical (unpaired) electrons. The highest BCUT2D eigenvalue weighted by Crippen LogP contribution is 2.27. The zero-order valence-corrected chi connectivity index (χ0v) is 16.3. The first-order valence-corrected chi connectivity index (χ1v) is 9.55. The van der Waals surface area contributed by atoms with Crippen molar-refractivity contribution in [2.45, 2.75) is 12.8 Å². The quantitative estimate of drug-likeness (QED) is 0.700. The summed E-state index contributed by atoms with van der Waals surface area (Å²) in [7, 11) is 0. The summed E-state index contributed by atoms with van der Waals surface area (Å²) in [5.74, 6) is 1.12. The van der Waals surface area contributed by atoms with Gasteiger partial charge in [0.15, 0.2) is 11.6 Å². The van der Waals surface area contributed by atoms with Gasteiger partial charge >= 0.3 is 0 Å². The van der Waals surface area contributed by atoms with Crippen LogP contribution < -0.4 is 10.2 Å². The number of carbonyl (C=O) groups excluding carboxylic acids is 1. The molecular formula is C18H17Cl2N7O. The molecule has 4 rings (SSSR count). The average molecular weight is 418 g/mol. The number of halogens is 2. The Kier molecular flexibility index (Phi) is 5.40. The van der Waals surface area contributed by atoms with Crippen LogP contribution >= 0.6 is 23.2 Å². The van der Waals surface area contributed by atoms with Crippen molar-refractivity contribution in [2.24, 2.45) is 5.92 Å². The van der Waals surface area contributed by atoms with Crippen LogP contribution in [-0.4, -0.2) is 44.0 Å². The summed E-state index contributed by atoms with van der Waals surface area (Å²) in [5, 5.41) is 16.3. The van der Waals surface area contributed by atoms with Gasteiger partial charge in [-0.25, -0.2) is 9.67 Å². The fourth-order valence-corrected chi connectivity index (χ4v) is 3.45. The van der Waals surface area contributed by atoms with Gasteiger partial charge in [-0.05, 0) is 43.2 Å². The van der Waals surface area contributed by atoms with Crippen LogP contribution in [0.5, 0.6) is 0 Å². The van der Waals surface area contributed by atoms with Gasteiger partial charge in [-0.3, -0.25) is 4.79 Å². The van der Waals surface area contributed by atoms with Gasteiger partial charge in [0.25, 0.3) is 0 Å². The van der Waals surface area contributed by atoms with E-state index in [0.717, 1.165) is 25.2 Å². The fraction of sp³-hybridized carbons (Fsp3) is 0.278. The molecular weight excluding hydrogens is 401 g/mol. The predicted octanol–water partition coefficient (Wildman–Crippen LogP) is 3.22. The zero-order chi connectivity index (χ0) is 19.5. The van der Waals surface area contributed by atoms with E-state index < -0.39 is 0 Å². The van der Waals surface area contributed by atoms with Gasteiger partial charge in [0.2, 0.25) is 5.91 Å². The smallest absolute Gasteiger partial charge is 0.229 e.